The summed E-state index contributed by atoms with van der Waals surface area (Å²) >= 11 is 0. The fraction of sp³-hybridized carbons (Fsp3) is 0.500. The molecule has 3 aliphatic heterocycles. The number of aliphatic hydroxyl groups is 1. The maximum atomic E-state index is 14.8. The SMILES string of the molecule is NC1=NC(=O)C(CC[C@@H]2OC(COP(=O)(N[C@H]3CCOC3=O)Oc3ccccc3)[C@@H](O)C2(F)F)C=C1. The first-order chi connectivity index (χ1) is 17.1. The average molecular weight is 529 g/mol. The van der Waals surface area contributed by atoms with Gasteiger partial charge in [-0.1, -0.05) is 24.3 Å². The lowest BCUT2D eigenvalue weighted by Gasteiger charge is -2.24. The van der Waals surface area contributed by atoms with E-state index < -0.39 is 62.4 Å². The predicted octanol–water partition coefficient (Wildman–Crippen LogP) is 1.71. The summed E-state index contributed by atoms with van der Waals surface area (Å²) in [5.41, 5.74) is 5.45. The second kappa shape index (κ2) is 10.7. The van der Waals surface area contributed by atoms with Crippen LogP contribution in [-0.2, 0) is 28.2 Å². The standard InChI is InChI=1S/C22H26F2N3O8P/c23-22(24)17(8-6-13-7-9-18(25)26-20(13)29)34-16(19(22)28)12-33-36(31,27-15-10-11-32-21(15)30)35-14-4-2-1-3-5-14/h1-5,7,9,13,15-17,19,28H,6,8,10-12H2,(H,27,31)(H2,25,26,29)/t13?,15-,16?,17-,19+,36?/m0/s1. The number of para-hydroxylation sites is 1. The molecule has 1 aromatic rings. The molecule has 11 nitrogen and oxygen atoms in total. The molecule has 0 bridgehead atoms. The summed E-state index contributed by atoms with van der Waals surface area (Å²) in [7, 11) is -4.29. The Kier molecular flexibility index (Phi) is 7.86. The van der Waals surface area contributed by atoms with Crippen molar-refractivity contribution in [3.8, 4) is 5.75 Å². The quantitative estimate of drug-likeness (QED) is 0.301. The summed E-state index contributed by atoms with van der Waals surface area (Å²) in [6, 6.07) is 6.93. The number of aliphatic hydroxyl groups excluding tert-OH is 1. The summed E-state index contributed by atoms with van der Waals surface area (Å²) in [5.74, 6) is -5.43. The lowest BCUT2D eigenvalue weighted by atomic mass is 9.95. The molecule has 0 radical (unpaired) electrons. The molecule has 4 N–H and O–H groups in total. The van der Waals surface area contributed by atoms with Crippen molar-refractivity contribution in [1.82, 2.24) is 5.09 Å². The number of carbonyl (C=O) groups excluding carboxylic acids is 2. The van der Waals surface area contributed by atoms with Gasteiger partial charge < -0.3 is 24.8 Å². The summed E-state index contributed by atoms with van der Waals surface area (Å²) in [6.07, 6.45) is -2.71. The maximum absolute atomic E-state index is 14.8. The van der Waals surface area contributed by atoms with E-state index in [0.717, 1.165) is 0 Å². The molecule has 2 fully saturated rings. The molecule has 196 valence electrons. The minimum Gasteiger partial charge on any atom is -0.464 e. The van der Waals surface area contributed by atoms with Crippen LogP contribution in [0.5, 0.6) is 5.75 Å². The van der Waals surface area contributed by atoms with Crippen LogP contribution < -0.4 is 15.3 Å². The number of halogens is 2. The van der Waals surface area contributed by atoms with Crippen LogP contribution in [0.1, 0.15) is 19.3 Å². The first-order valence-electron chi connectivity index (χ1n) is 11.3. The number of amidine groups is 1. The number of alkyl halides is 2. The van der Waals surface area contributed by atoms with Gasteiger partial charge in [-0.25, -0.2) is 13.3 Å². The number of carbonyl (C=O) groups is 2. The number of benzene rings is 1. The van der Waals surface area contributed by atoms with Gasteiger partial charge in [-0.05, 0) is 31.1 Å². The number of nitrogens with zero attached hydrogens (tertiary/aromatic N) is 1. The van der Waals surface area contributed by atoms with Gasteiger partial charge in [0.1, 0.15) is 35.9 Å². The van der Waals surface area contributed by atoms with Crippen LogP contribution in [0.3, 0.4) is 0 Å². The van der Waals surface area contributed by atoms with E-state index in [1.165, 1.54) is 24.3 Å². The van der Waals surface area contributed by atoms with E-state index in [9.17, 15) is 28.0 Å². The zero-order valence-corrected chi connectivity index (χ0v) is 19.9. The average Bonchev–Trinajstić information content (AvgIpc) is 3.32. The second-order valence-corrected chi connectivity index (χ2v) is 10.2. The van der Waals surface area contributed by atoms with Crippen LogP contribution in [0.4, 0.5) is 8.78 Å². The largest absolute Gasteiger partial charge is 0.464 e. The molecule has 0 aromatic heterocycles. The van der Waals surface area contributed by atoms with E-state index in [2.05, 4.69) is 10.1 Å². The van der Waals surface area contributed by atoms with Gasteiger partial charge in [-0.3, -0.25) is 14.1 Å². The molecule has 1 aromatic carbocycles. The third-order valence-electron chi connectivity index (χ3n) is 5.94. The molecule has 0 aliphatic carbocycles. The van der Waals surface area contributed by atoms with Crippen molar-refractivity contribution in [2.45, 2.75) is 49.5 Å². The van der Waals surface area contributed by atoms with Crippen molar-refractivity contribution in [3.63, 3.8) is 0 Å². The van der Waals surface area contributed by atoms with Crippen molar-refractivity contribution in [1.29, 1.82) is 0 Å². The number of aliphatic imine (C=N–C) groups is 1. The molecule has 14 heteroatoms. The van der Waals surface area contributed by atoms with Crippen molar-refractivity contribution in [2.24, 2.45) is 16.6 Å². The molecule has 3 unspecified atom stereocenters. The highest BCUT2D eigenvalue weighted by molar-refractivity contribution is 7.52. The molecule has 0 spiro atoms. The number of nitrogens with one attached hydrogen (secondary N) is 1. The number of nitrogens with two attached hydrogens (primary N) is 1. The molecule has 3 heterocycles. The number of amides is 1. The lowest BCUT2D eigenvalue weighted by molar-refractivity contribution is -0.139. The Balaban J connectivity index is 1.40. The minimum atomic E-state index is -4.29. The monoisotopic (exact) mass is 529 g/mol. The number of dihydropyridines is 1. The van der Waals surface area contributed by atoms with Gasteiger partial charge in [-0.15, -0.1) is 0 Å². The molecule has 4 rings (SSSR count). The molecule has 0 saturated carbocycles. The van der Waals surface area contributed by atoms with Gasteiger partial charge in [-0.2, -0.15) is 10.1 Å². The highest BCUT2D eigenvalue weighted by Crippen LogP contribution is 2.47. The molecular weight excluding hydrogens is 503 g/mol. The third-order valence-corrected chi connectivity index (χ3v) is 7.51. The Morgan fingerprint density at radius 3 is 2.67 bits per heavy atom. The van der Waals surface area contributed by atoms with Crippen molar-refractivity contribution in [3.05, 3.63) is 42.5 Å². The maximum Gasteiger partial charge on any atom is 0.459 e. The summed E-state index contributed by atoms with van der Waals surface area (Å²) in [4.78, 5) is 27.4. The van der Waals surface area contributed by atoms with E-state index >= 15 is 0 Å². The summed E-state index contributed by atoms with van der Waals surface area (Å²) in [5, 5.41) is 12.7. The molecule has 36 heavy (non-hydrogen) atoms. The van der Waals surface area contributed by atoms with Crippen LogP contribution in [0, 0.1) is 5.92 Å². The van der Waals surface area contributed by atoms with Crippen molar-refractivity contribution >= 4 is 25.5 Å². The van der Waals surface area contributed by atoms with Crippen LogP contribution in [0.15, 0.2) is 47.5 Å². The normalized spacial score (nSPS) is 31.1. The topological polar surface area (TPSA) is 159 Å². The number of ether oxygens (including phenoxy) is 2. The van der Waals surface area contributed by atoms with Crippen LogP contribution in [0.2, 0.25) is 0 Å². The number of hydrogen-bond donors (Lipinski definition) is 3. The van der Waals surface area contributed by atoms with E-state index in [1.807, 2.05) is 0 Å². The van der Waals surface area contributed by atoms with Crippen LogP contribution in [-0.4, -0.2) is 66.3 Å². The van der Waals surface area contributed by atoms with Crippen molar-refractivity contribution in [2.75, 3.05) is 13.2 Å². The summed E-state index contributed by atoms with van der Waals surface area (Å²) in [6.45, 7) is -0.619. The van der Waals surface area contributed by atoms with Gasteiger partial charge in [0.15, 0.2) is 0 Å². The Morgan fingerprint density at radius 2 is 2.00 bits per heavy atom. The molecule has 2 saturated heterocycles. The number of esters is 1. The Bertz CT molecular complexity index is 1090. The van der Waals surface area contributed by atoms with Crippen molar-refractivity contribution < 1.29 is 46.6 Å². The van der Waals surface area contributed by atoms with Crippen LogP contribution in [0.25, 0.3) is 0 Å². The van der Waals surface area contributed by atoms with E-state index in [1.54, 1.807) is 18.2 Å². The van der Waals surface area contributed by atoms with Gasteiger partial charge in [0.05, 0.1) is 19.1 Å². The van der Waals surface area contributed by atoms with Gasteiger partial charge in [0.25, 0.3) is 5.91 Å². The zero-order valence-electron chi connectivity index (χ0n) is 19.0. The number of hydrogen-bond acceptors (Lipinski definition) is 9. The number of cyclic esters (lactones) is 1. The van der Waals surface area contributed by atoms with E-state index in [-0.39, 0.29) is 37.5 Å². The predicted molar refractivity (Wildman–Crippen MR) is 121 cm³/mol. The Morgan fingerprint density at radius 1 is 1.25 bits per heavy atom. The molecular formula is C22H26F2N3O8P. The van der Waals surface area contributed by atoms with Gasteiger partial charge in [0.2, 0.25) is 0 Å². The minimum absolute atomic E-state index is 0.00632. The second-order valence-electron chi connectivity index (χ2n) is 8.54. The molecule has 3 aliphatic rings. The Labute approximate surface area is 205 Å². The highest BCUT2D eigenvalue weighted by Gasteiger charge is 2.58. The van der Waals surface area contributed by atoms with E-state index in [4.69, 9.17) is 24.3 Å². The van der Waals surface area contributed by atoms with Gasteiger partial charge >= 0.3 is 19.6 Å². The van der Waals surface area contributed by atoms with Crippen LogP contribution >= 0.6 is 7.75 Å². The molecule has 6 atom stereocenters. The third kappa shape index (κ3) is 5.98. The fourth-order valence-electron chi connectivity index (χ4n) is 3.99. The highest BCUT2D eigenvalue weighted by atomic mass is 31.2. The smallest absolute Gasteiger partial charge is 0.459 e. The lowest BCUT2D eigenvalue weighted by Crippen LogP contribution is -2.41. The fourth-order valence-corrected chi connectivity index (χ4v) is 5.52. The molecule has 1 amide bonds. The number of rotatable bonds is 10. The Hall–Kier alpha value is -2.70. The van der Waals surface area contributed by atoms with E-state index in [0.29, 0.717) is 0 Å². The first-order valence-corrected chi connectivity index (χ1v) is 12.8. The van der Waals surface area contributed by atoms with Gasteiger partial charge in [0, 0.05) is 6.42 Å². The summed E-state index contributed by atoms with van der Waals surface area (Å²) < 4.78 is 64.0. The first kappa shape index (κ1) is 26.4. The zero-order chi connectivity index (χ0) is 25.9.